The summed E-state index contributed by atoms with van der Waals surface area (Å²) in [5.74, 6) is 2.58. The summed E-state index contributed by atoms with van der Waals surface area (Å²) in [5, 5.41) is 8.39. The molecule has 10 nitrogen and oxygen atoms in total. The molecule has 5 rings (SSSR count). The van der Waals surface area contributed by atoms with Gasteiger partial charge in [-0.05, 0) is 83.9 Å². The number of rotatable bonds is 10. The first kappa shape index (κ1) is 24.9. The van der Waals surface area contributed by atoms with Gasteiger partial charge in [-0.15, -0.1) is 0 Å². The number of nitrogens with one attached hydrogen (secondary N) is 2. The molecule has 0 bridgehead atoms. The van der Waals surface area contributed by atoms with Crippen LogP contribution in [-0.4, -0.2) is 48.2 Å². The monoisotopic (exact) mass is 510 g/mol. The van der Waals surface area contributed by atoms with Crippen LogP contribution in [0.5, 0.6) is 11.5 Å². The lowest BCUT2D eigenvalue weighted by atomic mass is 10.2. The van der Waals surface area contributed by atoms with Crippen molar-refractivity contribution in [1.29, 1.82) is 0 Å². The molecular formula is C28H26N6O4. The molecule has 0 aliphatic carbocycles. The highest BCUT2D eigenvalue weighted by molar-refractivity contribution is 5.80. The van der Waals surface area contributed by atoms with Gasteiger partial charge in [0, 0.05) is 12.4 Å². The summed E-state index contributed by atoms with van der Waals surface area (Å²) in [6.07, 6.45) is 5.36. The molecule has 0 spiro atoms. The minimum Gasteiger partial charge on any atom is -0.458 e. The van der Waals surface area contributed by atoms with Crippen LogP contribution in [0.3, 0.4) is 0 Å². The van der Waals surface area contributed by atoms with Crippen molar-refractivity contribution in [1.82, 2.24) is 9.97 Å². The molecule has 192 valence electrons. The summed E-state index contributed by atoms with van der Waals surface area (Å²) >= 11 is 0. The van der Waals surface area contributed by atoms with Crippen LogP contribution < -0.4 is 20.3 Å². The van der Waals surface area contributed by atoms with Gasteiger partial charge in [-0.1, -0.05) is 12.1 Å². The second kappa shape index (κ2) is 12.9. The van der Waals surface area contributed by atoms with Crippen LogP contribution in [0.15, 0.2) is 108 Å². The van der Waals surface area contributed by atoms with Crippen molar-refractivity contribution < 1.29 is 18.9 Å². The summed E-state index contributed by atoms with van der Waals surface area (Å²) in [6, 6.07) is 26.1. The number of pyridine rings is 2. The molecule has 0 saturated carbocycles. The van der Waals surface area contributed by atoms with Gasteiger partial charge in [-0.25, -0.2) is 9.97 Å². The van der Waals surface area contributed by atoms with Crippen LogP contribution in [0.2, 0.25) is 0 Å². The standard InChI is InChI=1S/C28H26N6O4/c1-3-15-29-25(5-1)33-31-19-21-7-11-23(12-8-21)37-27-28(36-18-17-35-27)38-24-13-9-22(10-14-24)20-32-34-26-6-2-4-16-30-26/h1-16,19-20,27-28H,17-18H2,(H,29,33)(H,30,34)/b31-19-,32-20-/t27-,28-/m1/s1. The number of hydrogen-bond donors (Lipinski definition) is 2. The van der Waals surface area contributed by atoms with Gasteiger partial charge >= 0.3 is 0 Å². The van der Waals surface area contributed by atoms with Gasteiger partial charge in [0.05, 0.1) is 25.6 Å². The Labute approximate surface area is 220 Å². The molecular weight excluding hydrogens is 484 g/mol. The van der Waals surface area contributed by atoms with Gasteiger partial charge in [-0.3, -0.25) is 10.9 Å². The summed E-state index contributed by atoms with van der Waals surface area (Å²) in [6.45, 7) is 0.820. The van der Waals surface area contributed by atoms with Crippen molar-refractivity contribution in [3.8, 4) is 11.5 Å². The third-order valence-corrected chi connectivity index (χ3v) is 5.25. The van der Waals surface area contributed by atoms with E-state index in [9.17, 15) is 0 Å². The summed E-state index contributed by atoms with van der Waals surface area (Å²) < 4.78 is 23.6. The molecule has 2 N–H and O–H groups in total. The molecule has 1 aliphatic heterocycles. The van der Waals surface area contributed by atoms with Crippen molar-refractivity contribution in [2.45, 2.75) is 12.6 Å². The number of benzene rings is 2. The van der Waals surface area contributed by atoms with Crippen LogP contribution in [0, 0.1) is 0 Å². The molecule has 1 fully saturated rings. The smallest absolute Gasteiger partial charge is 0.263 e. The quantitative estimate of drug-likeness (QED) is 0.237. The molecule has 1 aliphatic rings. The maximum Gasteiger partial charge on any atom is 0.263 e. The normalized spacial score (nSPS) is 17.4. The van der Waals surface area contributed by atoms with Gasteiger partial charge in [-0.2, -0.15) is 10.2 Å². The first-order valence-corrected chi connectivity index (χ1v) is 12.0. The second-order valence-corrected chi connectivity index (χ2v) is 8.02. The van der Waals surface area contributed by atoms with E-state index in [1.165, 1.54) is 0 Å². The average Bonchev–Trinajstić information content (AvgIpc) is 2.97. The zero-order chi connectivity index (χ0) is 25.8. The molecule has 3 heterocycles. The number of hydrogen-bond acceptors (Lipinski definition) is 10. The second-order valence-electron chi connectivity index (χ2n) is 8.02. The minimum atomic E-state index is -0.724. The topological polar surface area (TPSA) is 111 Å². The number of anilines is 2. The third-order valence-electron chi connectivity index (χ3n) is 5.25. The van der Waals surface area contributed by atoms with Crippen LogP contribution in [0.4, 0.5) is 11.6 Å². The van der Waals surface area contributed by atoms with Gasteiger partial charge in [0.2, 0.25) is 0 Å². The molecule has 2 aromatic heterocycles. The predicted molar refractivity (Wildman–Crippen MR) is 145 cm³/mol. The van der Waals surface area contributed by atoms with Crippen LogP contribution >= 0.6 is 0 Å². The molecule has 38 heavy (non-hydrogen) atoms. The van der Waals surface area contributed by atoms with E-state index in [1.54, 1.807) is 24.8 Å². The Morgan fingerprint density at radius 2 is 1.08 bits per heavy atom. The van der Waals surface area contributed by atoms with Gasteiger partial charge in [0.15, 0.2) is 0 Å². The molecule has 4 aromatic rings. The van der Waals surface area contributed by atoms with E-state index >= 15 is 0 Å². The van der Waals surface area contributed by atoms with Crippen molar-refractivity contribution in [2.24, 2.45) is 10.2 Å². The zero-order valence-electron chi connectivity index (χ0n) is 20.4. The van der Waals surface area contributed by atoms with Crippen molar-refractivity contribution in [2.75, 3.05) is 24.1 Å². The Morgan fingerprint density at radius 3 is 1.47 bits per heavy atom. The number of aromatic nitrogens is 2. The Bertz CT molecular complexity index is 1210. The third kappa shape index (κ3) is 7.36. The van der Waals surface area contributed by atoms with E-state index in [0.717, 1.165) is 11.1 Å². The Balaban J connectivity index is 1.13. The highest BCUT2D eigenvalue weighted by Crippen LogP contribution is 2.22. The number of nitrogens with zero attached hydrogens (tertiary/aromatic N) is 4. The van der Waals surface area contributed by atoms with E-state index in [4.69, 9.17) is 18.9 Å². The number of ether oxygens (including phenoxy) is 4. The molecule has 10 heteroatoms. The SMILES string of the molecule is C(=N/Nc1ccccn1)/c1ccc(O[C@H]2OCCO[C@@H]2Oc2ccc(/C=N\Nc3ccccn3)cc2)cc1. The van der Waals surface area contributed by atoms with Crippen LogP contribution in [0.25, 0.3) is 0 Å². The molecule has 0 unspecified atom stereocenters. The first-order chi connectivity index (χ1) is 18.8. The van der Waals surface area contributed by atoms with Gasteiger partial charge in [0.25, 0.3) is 12.6 Å². The predicted octanol–water partition coefficient (Wildman–Crippen LogP) is 4.53. The van der Waals surface area contributed by atoms with Crippen molar-refractivity contribution in [3.63, 3.8) is 0 Å². The van der Waals surface area contributed by atoms with Crippen molar-refractivity contribution in [3.05, 3.63) is 108 Å². The fourth-order valence-electron chi connectivity index (χ4n) is 3.40. The Morgan fingerprint density at radius 1 is 0.632 bits per heavy atom. The van der Waals surface area contributed by atoms with E-state index in [1.807, 2.05) is 84.9 Å². The minimum absolute atomic E-state index is 0.410. The lowest BCUT2D eigenvalue weighted by Gasteiger charge is -2.31. The van der Waals surface area contributed by atoms with Gasteiger partial charge in [0.1, 0.15) is 23.1 Å². The largest absolute Gasteiger partial charge is 0.458 e. The van der Waals surface area contributed by atoms with Gasteiger partial charge < -0.3 is 18.9 Å². The molecule has 2 atom stereocenters. The van der Waals surface area contributed by atoms with Crippen LogP contribution in [-0.2, 0) is 9.47 Å². The molecule has 1 saturated heterocycles. The highest BCUT2D eigenvalue weighted by Gasteiger charge is 2.31. The molecule has 2 aromatic carbocycles. The maximum atomic E-state index is 6.01. The van der Waals surface area contributed by atoms with E-state index < -0.39 is 12.6 Å². The van der Waals surface area contributed by atoms with E-state index in [-0.39, 0.29) is 0 Å². The Kier molecular flexibility index (Phi) is 8.48. The molecule has 0 radical (unpaired) electrons. The fourth-order valence-corrected chi connectivity index (χ4v) is 3.40. The average molecular weight is 511 g/mol. The van der Waals surface area contributed by atoms with Crippen molar-refractivity contribution >= 4 is 24.1 Å². The van der Waals surface area contributed by atoms with Crippen LogP contribution in [0.1, 0.15) is 11.1 Å². The van der Waals surface area contributed by atoms with E-state index in [0.29, 0.717) is 36.3 Å². The Hall–Kier alpha value is -4.80. The lowest BCUT2D eigenvalue weighted by Crippen LogP contribution is -2.45. The maximum absolute atomic E-state index is 6.01. The number of hydrazone groups is 2. The summed E-state index contributed by atoms with van der Waals surface area (Å²) in [7, 11) is 0. The summed E-state index contributed by atoms with van der Waals surface area (Å²) in [4.78, 5) is 8.32. The lowest BCUT2D eigenvalue weighted by molar-refractivity contribution is -0.271. The first-order valence-electron chi connectivity index (χ1n) is 12.0. The molecule has 0 amide bonds. The zero-order valence-corrected chi connectivity index (χ0v) is 20.4. The van der Waals surface area contributed by atoms with E-state index in [2.05, 4.69) is 31.0 Å². The summed E-state index contributed by atoms with van der Waals surface area (Å²) in [5.41, 5.74) is 7.56. The highest BCUT2D eigenvalue weighted by atomic mass is 16.8. The fraction of sp³-hybridized carbons (Fsp3) is 0.143.